The van der Waals surface area contributed by atoms with Crippen LogP contribution in [0.5, 0.6) is 11.5 Å². The summed E-state index contributed by atoms with van der Waals surface area (Å²) in [4.78, 5) is 55.1. The van der Waals surface area contributed by atoms with Gasteiger partial charge in [0.05, 0.1) is 25.1 Å². The third-order valence-electron chi connectivity index (χ3n) is 8.38. The first-order chi connectivity index (χ1) is 22.4. The summed E-state index contributed by atoms with van der Waals surface area (Å²) in [5.41, 5.74) is 1.48. The zero-order valence-electron chi connectivity index (χ0n) is 26.4. The molecule has 11 heteroatoms. The minimum Gasteiger partial charge on any atom is -0.493 e. The van der Waals surface area contributed by atoms with Crippen LogP contribution in [-0.4, -0.2) is 65.7 Å². The van der Waals surface area contributed by atoms with Crippen LogP contribution in [0, 0.1) is 0 Å². The van der Waals surface area contributed by atoms with Gasteiger partial charge in [-0.25, -0.2) is 4.79 Å². The van der Waals surface area contributed by atoms with E-state index in [0.717, 1.165) is 42.6 Å². The molecule has 1 aliphatic rings. The summed E-state index contributed by atoms with van der Waals surface area (Å²) in [6.45, 7) is 2.64. The minimum absolute atomic E-state index is 0.0186. The van der Waals surface area contributed by atoms with Crippen LogP contribution >= 0.6 is 0 Å². The third-order valence-corrected chi connectivity index (χ3v) is 8.38. The van der Waals surface area contributed by atoms with E-state index >= 15 is 0 Å². The number of hydrogen-bond acceptors (Lipinski definition) is 7. The molecule has 0 saturated carbocycles. The lowest BCUT2D eigenvalue weighted by molar-refractivity contribution is -0.123. The number of benzene rings is 3. The van der Waals surface area contributed by atoms with Crippen molar-refractivity contribution in [1.82, 2.24) is 24.7 Å². The van der Waals surface area contributed by atoms with Gasteiger partial charge in [0.15, 0.2) is 11.5 Å². The van der Waals surface area contributed by atoms with E-state index in [4.69, 9.17) is 9.47 Å². The van der Waals surface area contributed by atoms with E-state index in [0.29, 0.717) is 35.4 Å². The van der Waals surface area contributed by atoms with Crippen LogP contribution in [0.25, 0.3) is 10.9 Å². The third kappa shape index (κ3) is 8.02. The molecule has 0 bridgehead atoms. The number of aromatic nitrogens is 2. The van der Waals surface area contributed by atoms with Gasteiger partial charge in [0, 0.05) is 45.2 Å². The Kier molecular flexibility index (Phi) is 10.9. The van der Waals surface area contributed by atoms with Crippen LogP contribution in [0.15, 0.2) is 82.4 Å². The molecule has 3 aromatic carbocycles. The molecule has 242 valence electrons. The first kappa shape index (κ1) is 32.5. The van der Waals surface area contributed by atoms with Crippen molar-refractivity contribution in [3.63, 3.8) is 0 Å². The first-order valence-corrected chi connectivity index (χ1v) is 15.6. The Morgan fingerprint density at radius 1 is 0.826 bits per heavy atom. The van der Waals surface area contributed by atoms with Crippen molar-refractivity contribution >= 4 is 22.7 Å². The predicted octanol–water partition coefficient (Wildman–Crippen LogP) is 2.71. The van der Waals surface area contributed by atoms with Gasteiger partial charge in [-0.15, -0.1) is 0 Å². The van der Waals surface area contributed by atoms with E-state index in [2.05, 4.69) is 27.7 Å². The molecule has 2 amide bonds. The maximum Gasteiger partial charge on any atom is 0.331 e. The predicted molar refractivity (Wildman–Crippen MR) is 176 cm³/mol. The highest BCUT2D eigenvalue weighted by Gasteiger charge is 2.22. The van der Waals surface area contributed by atoms with E-state index in [1.807, 2.05) is 30.3 Å². The van der Waals surface area contributed by atoms with Gasteiger partial charge in [-0.3, -0.25) is 28.4 Å². The fourth-order valence-corrected chi connectivity index (χ4v) is 5.89. The van der Waals surface area contributed by atoms with Gasteiger partial charge in [0.1, 0.15) is 6.54 Å². The lowest BCUT2D eigenvalue weighted by Gasteiger charge is -2.32. The van der Waals surface area contributed by atoms with E-state index in [9.17, 15) is 19.2 Å². The van der Waals surface area contributed by atoms with Crippen LogP contribution in [0.1, 0.15) is 30.4 Å². The monoisotopic (exact) mass is 627 g/mol. The molecular weight excluding hydrogens is 586 g/mol. The SMILES string of the molecule is COc1ccc(CCNC(=O)Cn2c(=O)n(CCC(=O)NC3CCN(Cc4ccccc4)CC3)c(=O)c3ccccc32)cc1OC. The number of likely N-dealkylation sites (tertiary alicyclic amines) is 1. The highest BCUT2D eigenvalue weighted by atomic mass is 16.5. The van der Waals surface area contributed by atoms with Crippen LogP contribution in [0.3, 0.4) is 0 Å². The fraction of sp³-hybridized carbons (Fsp3) is 0.371. The number of methoxy groups -OCH3 is 2. The Balaban J connectivity index is 1.18. The van der Waals surface area contributed by atoms with Gasteiger partial charge in [-0.2, -0.15) is 0 Å². The standard InChI is InChI=1S/C35H41N5O6/c1-45-30-13-12-25(22-31(30)46-2)14-18-36-33(42)24-40-29-11-7-6-10-28(29)34(43)39(35(40)44)21-17-32(41)37-27-15-19-38(20-16-27)23-26-8-4-3-5-9-26/h3-13,22,27H,14-21,23-24H2,1-2H3,(H,36,42)(H,37,41). The molecule has 1 fully saturated rings. The molecule has 0 aliphatic carbocycles. The molecule has 1 aliphatic heterocycles. The summed E-state index contributed by atoms with van der Waals surface area (Å²) < 4.78 is 13.0. The number of fused-ring (bicyclic) bond motifs is 1. The number of nitrogens with one attached hydrogen (secondary N) is 2. The number of carbonyl (C=O) groups excluding carboxylic acids is 2. The number of para-hydroxylation sites is 1. The summed E-state index contributed by atoms with van der Waals surface area (Å²) >= 11 is 0. The van der Waals surface area contributed by atoms with Crippen LogP contribution in [0.2, 0.25) is 0 Å². The van der Waals surface area contributed by atoms with E-state index in [1.165, 1.54) is 10.1 Å². The average Bonchev–Trinajstić information content (AvgIpc) is 3.08. The summed E-state index contributed by atoms with van der Waals surface area (Å²) in [6.07, 6.45) is 2.20. The molecule has 4 aromatic rings. The number of rotatable bonds is 13. The maximum absolute atomic E-state index is 13.5. The van der Waals surface area contributed by atoms with Gasteiger partial charge >= 0.3 is 5.69 Å². The molecule has 0 spiro atoms. The molecule has 1 aromatic heterocycles. The largest absolute Gasteiger partial charge is 0.493 e. The smallest absolute Gasteiger partial charge is 0.331 e. The first-order valence-electron chi connectivity index (χ1n) is 15.6. The fourth-order valence-electron chi connectivity index (χ4n) is 5.89. The average molecular weight is 628 g/mol. The quantitative estimate of drug-likeness (QED) is 0.234. The zero-order chi connectivity index (χ0) is 32.5. The Bertz CT molecular complexity index is 1780. The van der Waals surface area contributed by atoms with E-state index in [-0.39, 0.29) is 37.4 Å². The zero-order valence-corrected chi connectivity index (χ0v) is 26.4. The number of hydrogen-bond donors (Lipinski definition) is 2. The Labute approximate surface area is 267 Å². The number of amides is 2. The van der Waals surface area contributed by atoms with Gasteiger partial charge in [0.2, 0.25) is 11.8 Å². The van der Waals surface area contributed by atoms with Gasteiger partial charge < -0.3 is 20.1 Å². The molecule has 2 heterocycles. The summed E-state index contributed by atoms with van der Waals surface area (Å²) in [5, 5.41) is 6.25. The second-order valence-corrected chi connectivity index (χ2v) is 11.5. The Morgan fingerprint density at radius 2 is 1.54 bits per heavy atom. The van der Waals surface area contributed by atoms with Crippen molar-refractivity contribution < 1.29 is 19.1 Å². The molecule has 0 radical (unpaired) electrons. The van der Waals surface area contributed by atoms with Crippen molar-refractivity contribution in [2.75, 3.05) is 33.9 Å². The minimum atomic E-state index is -0.624. The molecule has 5 rings (SSSR count). The van der Waals surface area contributed by atoms with Gasteiger partial charge in [0.25, 0.3) is 5.56 Å². The van der Waals surface area contributed by atoms with E-state index < -0.39 is 11.2 Å². The topological polar surface area (TPSA) is 124 Å². The normalized spacial score (nSPS) is 13.8. The maximum atomic E-state index is 13.5. The number of ether oxygens (including phenoxy) is 2. The molecular formula is C35H41N5O6. The van der Waals surface area contributed by atoms with Gasteiger partial charge in [-0.05, 0) is 54.7 Å². The number of piperidine rings is 1. The van der Waals surface area contributed by atoms with Crippen molar-refractivity contribution in [3.05, 3.63) is 105 Å². The number of nitrogens with zero attached hydrogens (tertiary/aromatic N) is 3. The molecule has 1 saturated heterocycles. The lowest BCUT2D eigenvalue weighted by atomic mass is 10.0. The Morgan fingerprint density at radius 3 is 2.28 bits per heavy atom. The van der Waals surface area contributed by atoms with Crippen LogP contribution in [0.4, 0.5) is 0 Å². The molecule has 46 heavy (non-hydrogen) atoms. The van der Waals surface area contributed by atoms with Crippen molar-refractivity contribution in [3.8, 4) is 11.5 Å². The summed E-state index contributed by atoms with van der Waals surface area (Å²) in [5.74, 6) is 0.646. The second-order valence-electron chi connectivity index (χ2n) is 11.5. The lowest BCUT2D eigenvalue weighted by Crippen LogP contribution is -2.46. The van der Waals surface area contributed by atoms with Crippen molar-refractivity contribution in [1.29, 1.82) is 0 Å². The van der Waals surface area contributed by atoms with Crippen LogP contribution < -0.4 is 31.4 Å². The second kappa shape index (κ2) is 15.4. The highest BCUT2D eigenvalue weighted by molar-refractivity contribution is 5.81. The highest BCUT2D eigenvalue weighted by Crippen LogP contribution is 2.27. The van der Waals surface area contributed by atoms with Gasteiger partial charge in [-0.1, -0.05) is 48.5 Å². The molecule has 0 atom stereocenters. The number of carbonyl (C=O) groups is 2. The Hall–Kier alpha value is -4.90. The van der Waals surface area contributed by atoms with Crippen LogP contribution in [-0.2, 0) is 35.6 Å². The molecule has 0 unspecified atom stereocenters. The molecule has 2 N–H and O–H groups in total. The summed E-state index contributed by atoms with van der Waals surface area (Å²) in [7, 11) is 3.13. The van der Waals surface area contributed by atoms with Crippen molar-refractivity contribution in [2.24, 2.45) is 0 Å². The van der Waals surface area contributed by atoms with Crippen molar-refractivity contribution in [2.45, 2.75) is 51.4 Å². The molecule has 11 nitrogen and oxygen atoms in total. The van der Waals surface area contributed by atoms with E-state index in [1.54, 1.807) is 44.6 Å². The summed E-state index contributed by atoms with van der Waals surface area (Å²) in [6, 6.07) is 22.6.